The number of carbonyl (C=O) groups excluding carboxylic acids is 1. The molecule has 0 aliphatic heterocycles. The van der Waals surface area contributed by atoms with Crippen molar-refractivity contribution in [3.05, 3.63) is 21.3 Å². The standard InChI is InChI=1S/C11H13IO4/c1-3-15-9-4-8(6-13)5-10(11(9)12)16-7-14-2/h4-6H,3,7H2,1-2H3. The first-order valence-electron chi connectivity index (χ1n) is 4.76. The molecule has 0 aliphatic rings. The van der Waals surface area contributed by atoms with Crippen LogP contribution in [0.25, 0.3) is 0 Å². The highest BCUT2D eigenvalue weighted by Gasteiger charge is 2.10. The van der Waals surface area contributed by atoms with Crippen LogP contribution in [0.2, 0.25) is 0 Å². The molecule has 4 nitrogen and oxygen atoms in total. The van der Waals surface area contributed by atoms with E-state index in [1.807, 2.05) is 6.92 Å². The largest absolute Gasteiger partial charge is 0.493 e. The molecule has 0 amide bonds. The third kappa shape index (κ3) is 3.34. The van der Waals surface area contributed by atoms with Crippen LogP contribution in [0.3, 0.4) is 0 Å². The molecule has 1 rings (SSSR count). The Morgan fingerprint density at radius 3 is 2.44 bits per heavy atom. The molecule has 0 aromatic heterocycles. The fourth-order valence-corrected chi connectivity index (χ4v) is 1.77. The van der Waals surface area contributed by atoms with Gasteiger partial charge in [-0.25, -0.2) is 0 Å². The Balaban J connectivity index is 3.04. The van der Waals surface area contributed by atoms with Gasteiger partial charge in [0.05, 0.1) is 10.2 Å². The van der Waals surface area contributed by atoms with Crippen molar-refractivity contribution in [1.82, 2.24) is 0 Å². The third-order valence-electron chi connectivity index (χ3n) is 1.80. The summed E-state index contributed by atoms with van der Waals surface area (Å²) in [4.78, 5) is 10.8. The van der Waals surface area contributed by atoms with E-state index in [4.69, 9.17) is 14.2 Å². The third-order valence-corrected chi connectivity index (χ3v) is 2.86. The van der Waals surface area contributed by atoms with Gasteiger partial charge in [0, 0.05) is 12.7 Å². The highest BCUT2D eigenvalue weighted by Crippen LogP contribution is 2.31. The molecule has 0 bridgehead atoms. The minimum Gasteiger partial charge on any atom is -0.493 e. The van der Waals surface area contributed by atoms with Gasteiger partial charge >= 0.3 is 0 Å². The number of carbonyl (C=O) groups is 1. The molecule has 5 heteroatoms. The number of ether oxygens (including phenoxy) is 3. The molecule has 0 radical (unpaired) electrons. The lowest BCUT2D eigenvalue weighted by molar-refractivity contribution is 0.0502. The lowest BCUT2D eigenvalue weighted by Gasteiger charge is -2.12. The average Bonchev–Trinajstić information content (AvgIpc) is 2.30. The van der Waals surface area contributed by atoms with Gasteiger partial charge < -0.3 is 14.2 Å². The van der Waals surface area contributed by atoms with Gasteiger partial charge in [-0.3, -0.25) is 4.79 Å². The predicted octanol–water partition coefficient (Wildman–Crippen LogP) is 2.49. The number of hydrogen-bond acceptors (Lipinski definition) is 4. The smallest absolute Gasteiger partial charge is 0.188 e. The molecule has 16 heavy (non-hydrogen) atoms. The molecule has 1 aromatic rings. The Kier molecular flexibility index (Phi) is 5.54. The van der Waals surface area contributed by atoms with Crippen LogP contribution < -0.4 is 9.47 Å². The van der Waals surface area contributed by atoms with Crippen LogP contribution in [0.15, 0.2) is 12.1 Å². The summed E-state index contributed by atoms with van der Waals surface area (Å²) in [6.45, 7) is 2.57. The molecule has 0 saturated carbocycles. The van der Waals surface area contributed by atoms with Gasteiger partial charge in [-0.2, -0.15) is 0 Å². The van der Waals surface area contributed by atoms with Crippen LogP contribution in [0.4, 0.5) is 0 Å². The maximum atomic E-state index is 10.8. The monoisotopic (exact) mass is 336 g/mol. The van der Waals surface area contributed by atoms with Crippen LogP contribution in [0.1, 0.15) is 17.3 Å². The molecule has 0 heterocycles. The Morgan fingerprint density at radius 1 is 1.31 bits per heavy atom. The first-order valence-corrected chi connectivity index (χ1v) is 5.84. The van der Waals surface area contributed by atoms with E-state index in [2.05, 4.69) is 22.6 Å². The highest BCUT2D eigenvalue weighted by molar-refractivity contribution is 14.1. The van der Waals surface area contributed by atoms with Gasteiger partial charge in [0.2, 0.25) is 0 Å². The zero-order chi connectivity index (χ0) is 12.0. The van der Waals surface area contributed by atoms with Crippen LogP contribution in [-0.2, 0) is 4.74 Å². The molecule has 0 spiro atoms. The van der Waals surface area contributed by atoms with Gasteiger partial charge in [0.1, 0.15) is 17.8 Å². The summed E-state index contributed by atoms with van der Waals surface area (Å²) in [5.74, 6) is 1.24. The van der Waals surface area contributed by atoms with Crippen molar-refractivity contribution in [2.45, 2.75) is 6.92 Å². The second-order valence-electron chi connectivity index (χ2n) is 2.93. The summed E-state index contributed by atoms with van der Waals surface area (Å²) in [5.41, 5.74) is 0.523. The summed E-state index contributed by atoms with van der Waals surface area (Å²) < 4.78 is 16.4. The van der Waals surface area contributed by atoms with Crippen molar-refractivity contribution in [2.75, 3.05) is 20.5 Å². The van der Waals surface area contributed by atoms with E-state index in [1.54, 1.807) is 19.2 Å². The molecular formula is C11H13IO4. The quantitative estimate of drug-likeness (QED) is 0.455. The summed E-state index contributed by atoms with van der Waals surface area (Å²) in [7, 11) is 1.54. The van der Waals surface area contributed by atoms with E-state index in [1.165, 1.54) is 0 Å². The molecular weight excluding hydrogens is 323 g/mol. The van der Waals surface area contributed by atoms with E-state index >= 15 is 0 Å². The molecule has 1 aromatic carbocycles. The van der Waals surface area contributed by atoms with Crippen LogP contribution >= 0.6 is 22.6 Å². The molecule has 0 N–H and O–H groups in total. The fourth-order valence-electron chi connectivity index (χ4n) is 1.15. The Morgan fingerprint density at radius 2 is 1.94 bits per heavy atom. The van der Waals surface area contributed by atoms with Crippen molar-refractivity contribution in [3.63, 3.8) is 0 Å². The van der Waals surface area contributed by atoms with E-state index in [9.17, 15) is 4.79 Å². The van der Waals surface area contributed by atoms with Crippen LogP contribution in [0, 0.1) is 3.57 Å². The lowest BCUT2D eigenvalue weighted by atomic mass is 10.2. The summed E-state index contributed by atoms with van der Waals surface area (Å²) >= 11 is 2.12. The first-order chi connectivity index (χ1) is 7.72. The first kappa shape index (κ1) is 13.2. The molecule has 0 aliphatic carbocycles. The van der Waals surface area contributed by atoms with E-state index in [-0.39, 0.29) is 6.79 Å². The summed E-state index contributed by atoms with van der Waals surface area (Å²) in [5, 5.41) is 0. The van der Waals surface area contributed by atoms with Crippen LogP contribution in [-0.4, -0.2) is 26.8 Å². The number of hydrogen-bond donors (Lipinski definition) is 0. The summed E-state index contributed by atoms with van der Waals surface area (Å²) in [6.07, 6.45) is 0.762. The average molecular weight is 336 g/mol. The van der Waals surface area contributed by atoms with Crippen molar-refractivity contribution in [1.29, 1.82) is 0 Å². The minimum atomic E-state index is 0.143. The SMILES string of the molecule is CCOc1cc(C=O)cc(OCOC)c1I. The van der Waals surface area contributed by atoms with E-state index < -0.39 is 0 Å². The van der Waals surface area contributed by atoms with Gasteiger partial charge in [-0.05, 0) is 41.6 Å². The lowest BCUT2D eigenvalue weighted by Crippen LogP contribution is -2.03. The Bertz CT molecular complexity index is 365. The van der Waals surface area contributed by atoms with Crippen molar-refractivity contribution in [3.8, 4) is 11.5 Å². The number of aldehydes is 1. The Labute approximate surface area is 108 Å². The van der Waals surface area contributed by atoms with Gasteiger partial charge in [0.25, 0.3) is 0 Å². The maximum Gasteiger partial charge on any atom is 0.188 e. The highest BCUT2D eigenvalue weighted by atomic mass is 127. The summed E-state index contributed by atoms with van der Waals surface area (Å²) in [6, 6.07) is 3.36. The molecule has 0 atom stereocenters. The fraction of sp³-hybridized carbons (Fsp3) is 0.364. The van der Waals surface area contributed by atoms with Crippen molar-refractivity contribution in [2.24, 2.45) is 0 Å². The van der Waals surface area contributed by atoms with Gasteiger partial charge in [0.15, 0.2) is 6.79 Å². The number of methoxy groups -OCH3 is 1. The van der Waals surface area contributed by atoms with Gasteiger partial charge in [-0.15, -0.1) is 0 Å². The zero-order valence-electron chi connectivity index (χ0n) is 9.16. The van der Waals surface area contributed by atoms with Crippen LogP contribution in [0.5, 0.6) is 11.5 Å². The number of benzene rings is 1. The normalized spacial score (nSPS) is 9.94. The zero-order valence-corrected chi connectivity index (χ0v) is 11.3. The van der Waals surface area contributed by atoms with Crippen molar-refractivity contribution >= 4 is 28.9 Å². The Hall–Kier alpha value is -0.820. The second-order valence-corrected chi connectivity index (χ2v) is 4.01. The number of halogens is 1. The maximum absolute atomic E-state index is 10.8. The van der Waals surface area contributed by atoms with Gasteiger partial charge in [-0.1, -0.05) is 0 Å². The molecule has 0 unspecified atom stereocenters. The topological polar surface area (TPSA) is 44.8 Å². The predicted molar refractivity (Wildman–Crippen MR) is 68.2 cm³/mol. The second kappa shape index (κ2) is 6.70. The minimum absolute atomic E-state index is 0.143. The molecule has 0 saturated heterocycles. The molecule has 88 valence electrons. The molecule has 0 fully saturated rings. The van der Waals surface area contributed by atoms with E-state index in [0.29, 0.717) is 23.7 Å². The number of rotatable bonds is 6. The van der Waals surface area contributed by atoms with E-state index in [0.717, 1.165) is 9.86 Å². The van der Waals surface area contributed by atoms with Crippen molar-refractivity contribution < 1.29 is 19.0 Å².